The van der Waals surface area contributed by atoms with Gasteiger partial charge in [-0.15, -0.1) is 0 Å². The molecule has 2 atom stereocenters. The number of halogens is 1. The molecule has 5 heteroatoms. The van der Waals surface area contributed by atoms with Gasteiger partial charge in [0.15, 0.2) is 5.84 Å². The van der Waals surface area contributed by atoms with Gasteiger partial charge in [0.1, 0.15) is 5.75 Å². The Kier molecular flexibility index (Phi) is 4.53. The fourth-order valence-electron chi connectivity index (χ4n) is 2.52. The molecule has 19 heavy (non-hydrogen) atoms. The van der Waals surface area contributed by atoms with E-state index >= 15 is 0 Å². The molecule has 3 N–H and O–H groups in total. The molecule has 0 spiro atoms. The van der Waals surface area contributed by atoms with Crippen molar-refractivity contribution in [2.75, 3.05) is 0 Å². The molecule has 0 aromatic heterocycles. The second-order valence-corrected chi connectivity index (χ2v) is 5.57. The molecule has 2 rings (SSSR count). The van der Waals surface area contributed by atoms with Crippen LogP contribution in [-0.2, 0) is 0 Å². The molecule has 2 unspecified atom stereocenters. The standard InChI is InChI=1S/C14H19ClN2O2/c1-9-3-2-4-11(7-9)19-13-8-10(15)5-6-12(13)14(16)17-18/h5-6,8-9,11,18H,2-4,7H2,1H3,(H2,16,17). The lowest BCUT2D eigenvalue weighted by Crippen LogP contribution is -2.25. The van der Waals surface area contributed by atoms with Crippen LogP contribution in [0.25, 0.3) is 0 Å². The van der Waals surface area contributed by atoms with Crippen LogP contribution in [0.5, 0.6) is 5.75 Å². The highest BCUT2D eigenvalue weighted by Gasteiger charge is 2.22. The van der Waals surface area contributed by atoms with Crippen LogP contribution in [-0.4, -0.2) is 17.1 Å². The van der Waals surface area contributed by atoms with E-state index in [0.29, 0.717) is 22.3 Å². The number of nitrogens with zero attached hydrogens (tertiary/aromatic N) is 1. The molecular weight excluding hydrogens is 264 g/mol. The lowest BCUT2D eigenvalue weighted by atomic mass is 9.88. The quantitative estimate of drug-likeness (QED) is 0.386. The number of ether oxygens (including phenoxy) is 1. The third kappa shape index (κ3) is 3.53. The average molecular weight is 283 g/mol. The molecule has 1 saturated carbocycles. The first-order valence-electron chi connectivity index (χ1n) is 6.54. The number of oxime groups is 1. The van der Waals surface area contributed by atoms with E-state index in [1.54, 1.807) is 18.2 Å². The molecule has 0 bridgehead atoms. The summed E-state index contributed by atoms with van der Waals surface area (Å²) >= 11 is 5.99. The maximum absolute atomic E-state index is 8.80. The van der Waals surface area contributed by atoms with Crippen molar-refractivity contribution in [3.63, 3.8) is 0 Å². The Balaban J connectivity index is 2.20. The van der Waals surface area contributed by atoms with Gasteiger partial charge < -0.3 is 15.7 Å². The second-order valence-electron chi connectivity index (χ2n) is 5.14. The summed E-state index contributed by atoms with van der Waals surface area (Å²) in [5.74, 6) is 1.29. The van der Waals surface area contributed by atoms with E-state index in [2.05, 4.69) is 12.1 Å². The second kappa shape index (κ2) is 6.15. The summed E-state index contributed by atoms with van der Waals surface area (Å²) in [6.07, 6.45) is 4.66. The zero-order chi connectivity index (χ0) is 13.8. The first-order valence-corrected chi connectivity index (χ1v) is 6.92. The summed E-state index contributed by atoms with van der Waals surface area (Å²) in [6.45, 7) is 2.23. The molecule has 1 aliphatic carbocycles. The van der Waals surface area contributed by atoms with Crippen molar-refractivity contribution >= 4 is 17.4 Å². The fourth-order valence-corrected chi connectivity index (χ4v) is 2.69. The maximum Gasteiger partial charge on any atom is 0.173 e. The molecule has 1 aliphatic rings. The minimum atomic E-state index is 0.0375. The van der Waals surface area contributed by atoms with Crippen molar-refractivity contribution < 1.29 is 9.94 Å². The van der Waals surface area contributed by atoms with Crippen molar-refractivity contribution in [3.05, 3.63) is 28.8 Å². The SMILES string of the molecule is CC1CCCC(Oc2cc(Cl)ccc2C(N)=NO)C1. The van der Waals surface area contributed by atoms with Crippen LogP contribution in [0.1, 0.15) is 38.2 Å². The van der Waals surface area contributed by atoms with Crippen LogP contribution in [0.4, 0.5) is 0 Å². The lowest BCUT2D eigenvalue weighted by molar-refractivity contribution is 0.129. The minimum Gasteiger partial charge on any atom is -0.490 e. The topological polar surface area (TPSA) is 67.8 Å². The molecule has 1 aromatic carbocycles. The molecule has 0 aliphatic heterocycles. The molecular formula is C14H19ClN2O2. The number of nitrogens with two attached hydrogens (primary N) is 1. The summed E-state index contributed by atoms with van der Waals surface area (Å²) in [6, 6.07) is 5.12. The van der Waals surface area contributed by atoms with Gasteiger partial charge in [-0.05, 0) is 43.4 Å². The summed E-state index contributed by atoms with van der Waals surface area (Å²) in [7, 11) is 0. The van der Waals surface area contributed by atoms with Crippen LogP contribution in [0.15, 0.2) is 23.4 Å². The Bertz CT molecular complexity index is 477. The van der Waals surface area contributed by atoms with Gasteiger partial charge in [-0.2, -0.15) is 0 Å². The molecule has 1 aromatic rings. The maximum atomic E-state index is 8.80. The zero-order valence-electron chi connectivity index (χ0n) is 11.0. The largest absolute Gasteiger partial charge is 0.490 e. The highest BCUT2D eigenvalue weighted by atomic mass is 35.5. The van der Waals surface area contributed by atoms with Crippen molar-refractivity contribution in [2.24, 2.45) is 16.8 Å². The normalized spacial score (nSPS) is 24.2. The highest BCUT2D eigenvalue weighted by Crippen LogP contribution is 2.30. The molecule has 4 nitrogen and oxygen atoms in total. The highest BCUT2D eigenvalue weighted by molar-refractivity contribution is 6.30. The Hall–Kier alpha value is -1.42. The Morgan fingerprint density at radius 3 is 2.95 bits per heavy atom. The minimum absolute atomic E-state index is 0.0375. The van der Waals surface area contributed by atoms with E-state index in [1.165, 1.54) is 12.8 Å². The van der Waals surface area contributed by atoms with Gasteiger partial charge in [0, 0.05) is 5.02 Å². The van der Waals surface area contributed by atoms with Crippen LogP contribution in [0, 0.1) is 5.92 Å². The van der Waals surface area contributed by atoms with Gasteiger partial charge in [0.05, 0.1) is 11.7 Å². The van der Waals surface area contributed by atoms with Crippen LogP contribution in [0.2, 0.25) is 5.02 Å². The van der Waals surface area contributed by atoms with Crippen LogP contribution >= 0.6 is 11.6 Å². The molecule has 0 radical (unpaired) electrons. The number of hydrogen-bond donors (Lipinski definition) is 2. The van der Waals surface area contributed by atoms with E-state index in [-0.39, 0.29) is 11.9 Å². The van der Waals surface area contributed by atoms with Gasteiger partial charge in [0.25, 0.3) is 0 Å². The molecule has 104 valence electrons. The zero-order valence-corrected chi connectivity index (χ0v) is 11.7. The monoisotopic (exact) mass is 282 g/mol. The van der Waals surface area contributed by atoms with E-state index in [1.807, 2.05) is 0 Å². The van der Waals surface area contributed by atoms with Gasteiger partial charge in [-0.1, -0.05) is 30.1 Å². The van der Waals surface area contributed by atoms with Crippen LogP contribution < -0.4 is 10.5 Å². The van der Waals surface area contributed by atoms with E-state index in [0.717, 1.165) is 12.8 Å². The van der Waals surface area contributed by atoms with Gasteiger partial charge in [-0.3, -0.25) is 0 Å². The van der Waals surface area contributed by atoms with Crippen molar-refractivity contribution in [1.82, 2.24) is 0 Å². The summed E-state index contributed by atoms with van der Waals surface area (Å²) in [5, 5.41) is 12.4. The number of amidine groups is 1. The first kappa shape index (κ1) is 14.0. The lowest BCUT2D eigenvalue weighted by Gasteiger charge is -2.28. The number of hydrogen-bond acceptors (Lipinski definition) is 3. The number of rotatable bonds is 3. The third-order valence-electron chi connectivity index (χ3n) is 3.51. The van der Waals surface area contributed by atoms with E-state index in [4.69, 9.17) is 27.3 Å². The molecule has 0 saturated heterocycles. The molecule has 1 fully saturated rings. The van der Waals surface area contributed by atoms with Gasteiger partial charge in [0.2, 0.25) is 0 Å². The summed E-state index contributed by atoms with van der Waals surface area (Å²) in [4.78, 5) is 0. The Labute approximate surface area is 118 Å². The summed E-state index contributed by atoms with van der Waals surface area (Å²) < 4.78 is 6.00. The fraction of sp³-hybridized carbons (Fsp3) is 0.500. The van der Waals surface area contributed by atoms with Crippen molar-refractivity contribution in [2.45, 2.75) is 38.7 Å². The first-order chi connectivity index (χ1) is 9.10. The average Bonchev–Trinajstić information content (AvgIpc) is 2.38. The van der Waals surface area contributed by atoms with Gasteiger partial charge in [-0.25, -0.2) is 0 Å². The third-order valence-corrected chi connectivity index (χ3v) is 3.74. The Morgan fingerprint density at radius 1 is 1.47 bits per heavy atom. The van der Waals surface area contributed by atoms with Crippen molar-refractivity contribution in [3.8, 4) is 5.75 Å². The molecule has 0 amide bonds. The Morgan fingerprint density at radius 2 is 2.26 bits per heavy atom. The molecule has 0 heterocycles. The summed E-state index contributed by atoms with van der Waals surface area (Å²) in [5.41, 5.74) is 6.23. The van der Waals surface area contributed by atoms with Crippen LogP contribution in [0.3, 0.4) is 0 Å². The predicted octanol–water partition coefficient (Wildman–Crippen LogP) is 3.39. The predicted molar refractivity (Wildman–Crippen MR) is 76.0 cm³/mol. The van der Waals surface area contributed by atoms with Crippen molar-refractivity contribution in [1.29, 1.82) is 0 Å². The van der Waals surface area contributed by atoms with E-state index < -0.39 is 0 Å². The van der Waals surface area contributed by atoms with Gasteiger partial charge >= 0.3 is 0 Å². The van der Waals surface area contributed by atoms with E-state index in [9.17, 15) is 0 Å². The number of benzene rings is 1. The smallest absolute Gasteiger partial charge is 0.173 e.